The molecule has 0 radical (unpaired) electrons. The molecular weight excluding hydrogens is 400 g/mol. The van der Waals surface area contributed by atoms with Gasteiger partial charge in [-0.05, 0) is 24.3 Å². The molecule has 154 valence electrons. The lowest BCUT2D eigenvalue weighted by molar-refractivity contribution is -0.130. The van der Waals surface area contributed by atoms with Crippen LogP contribution in [-0.2, 0) is 4.79 Å². The Morgan fingerprint density at radius 3 is 2.55 bits per heavy atom. The summed E-state index contributed by atoms with van der Waals surface area (Å²) in [6, 6.07) is 9.93. The van der Waals surface area contributed by atoms with Gasteiger partial charge in [0.25, 0.3) is 5.91 Å². The van der Waals surface area contributed by atoms with E-state index in [-0.39, 0.29) is 17.9 Å². The normalized spacial score (nSPS) is 15.6. The van der Waals surface area contributed by atoms with Crippen LogP contribution < -0.4 is 24.4 Å². The SMILES string of the molecule is O=C(NN=Cc1ccc(OC(F)F)cc1OC(F)F)C1COc2ccccc2O1. The lowest BCUT2D eigenvalue weighted by atomic mass is 10.2. The second kappa shape index (κ2) is 9.13. The maximum atomic E-state index is 12.6. The van der Waals surface area contributed by atoms with Crippen molar-refractivity contribution in [2.75, 3.05) is 6.61 Å². The molecule has 1 atom stereocenters. The number of amides is 1. The molecule has 1 aliphatic rings. The molecule has 11 heteroatoms. The number of halogens is 4. The summed E-state index contributed by atoms with van der Waals surface area (Å²) in [4.78, 5) is 12.2. The highest BCUT2D eigenvalue weighted by Gasteiger charge is 2.27. The molecule has 0 bridgehead atoms. The lowest BCUT2D eigenvalue weighted by Crippen LogP contribution is -2.42. The van der Waals surface area contributed by atoms with Crippen LogP contribution in [0, 0.1) is 0 Å². The van der Waals surface area contributed by atoms with Gasteiger partial charge < -0.3 is 18.9 Å². The van der Waals surface area contributed by atoms with Crippen molar-refractivity contribution in [3.8, 4) is 23.0 Å². The first-order valence-corrected chi connectivity index (χ1v) is 8.17. The van der Waals surface area contributed by atoms with Crippen LogP contribution in [0.5, 0.6) is 23.0 Å². The topological polar surface area (TPSA) is 78.4 Å². The van der Waals surface area contributed by atoms with Crippen LogP contribution in [0.25, 0.3) is 0 Å². The van der Waals surface area contributed by atoms with Gasteiger partial charge in [-0.3, -0.25) is 4.79 Å². The minimum atomic E-state index is -3.20. The number of nitrogens with one attached hydrogen (secondary N) is 1. The van der Waals surface area contributed by atoms with Crippen LogP contribution in [-0.4, -0.2) is 38.1 Å². The molecule has 0 spiro atoms. The standard InChI is InChI=1S/C18H14F4N2O5/c19-17(20)27-11-6-5-10(14(7-11)29-18(21)22)8-23-24-16(25)15-9-26-12-3-1-2-4-13(12)28-15/h1-8,15,17-18H,9H2,(H,24,25). The zero-order valence-corrected chi connectivity index (χ0v) is 14.6. The van der Waals surface area contributed by atoms with Gasteiger partial charge >= 0.3 is 13.2 Å². The predicted molar refractivity (Wildman–Crippen MR) is 91.8 cm³/mol. The fourth-order valence-corrected chi connectivity index (χ4v) is 2.38. The minimum Gasteiger partial charge on any atom is -0.485 e. The lowest BCUT2D eigenvalue weighted by Gasteiger charge is -2.24. The van der Waals surface area contributed by atoms with Gasteiger partial charge in [0.2, 0.25) is 6.10 Å². The van der Waals surface area contributed by atoms with E-state index in [9.17, 15) is 22.4 Å². The number of alkyl halides is 4. The number of carbonyl (C=O) groups excluding carboxylic acids is 1. The zero-order chi connectivity index (χ0) is 20.8. The molecule has 1 N–H and O–H groups in total. The third-order valence-corrected chi connectivity index (χ3v) is 3.61. The number of rotatable bonds is 7. The van der Waals surface area contributed by atoms with Crippen molar-refractivity contribution >= 4 is 12.1 Å². The van der Waals surface area contributed by atoms with Crippen molar-refractivity contribution in [1.29, 1.82) is 0 Å². The van der Waals surface area contributed by atoms with Crippen LogP contribution in [0.1, 0.15) is 5.56 Å². The Bertz CT molecular complexity index is 894. The number of fused-ring (bicyclic) bond motifs is 1. The molecule has 1 heterocycles. The summed E-state index contributed by atoms with van der Waals surface area (Å²) in [6.45, 7) is -6.37. The first kappa shape index (κ1) is 20.2. The van der Waals surface area contributed by atoms with E-state index in [1.807, 2.05) is 0 Å². The fraction of sp³-hybridized carbons (Fsp3) is 0.222. The monoisotopic (exact) mass is 414 g/mol. The summed E-state index contributed by atoms with van der Waals surface area (Å²) in [7, 11) is 0. The molecule has 2 aromatic carbocycles. The van der Waals surface area contributed by atoms with Crippen molar-refractivity contribution in [3.05, 3.63) is 48.0 Å². The Morgan fingerprint density at radius 2 is 1.83 bits per heavy atom. The van der Waals surface area contributed by atoms with Crippen molar-refractivity contribution in [2.45, 2.75) is 19.3 Å². The smallest absolute Gasteiger partial charge is 0.387 e. The Hall–Kier alpha value is -3.50. The summed E-state index contributed by atoms with van der Waals surface area (Å²) in [5.41, 5.74) is 2.19. The number of hydrazone groups is 1. The molecule has 0 saturated carbocycles. The van der Waals surface area contributed by atoms with Crippen LogP contribution in [0.2, 0.25) is 0 Å². The summed E-state index contributed by atoms with van der Waals surface area (Å²) in [5, 5.41) is 3.66. The molecule has 7 nitrogen and oxygen atoms in total. The Labute approximate surface area is 161 Å². The van der Waals surface area contributed by atoms with E-state index in [0.29, 0.717) is 11.5 Å². The third kappa shape index (κ3) is 5.50. The molecule has 3 rings (SSSR count). The van der Waals surface area contributed by atoms with Gasteiger partial charge in [-0.15, -0.1) is 0 Å². The average Bonchev–Trinajstić information content (AvgIpc) is 2.68. The van der Waals surface area contributed by atoms with Gasteiger partial charge in [0.05, 0.1) is 6.21 Å². The van der Waals surface area contributed by atoms with E-state index in [2.05, 4.69) is 20.0 Å². The van der Waals surface area contributed by atoms with Gasteiger partial charge in [-0.25, -0.2) is 5.43 Å². The van der Waals surface area contributed by atoms with Gasteiger partial charge in [0.15, 0.2) is 11.5 Å². The maximum Gasteiger partial charge on any atom is 0.387 e. The predicted octanol–water partition coefficient (Wildman–Crippen LogP) is 3.18. The third-order valence-electron chi connectivity index (χ3n) is 3.61. The molecule has 1 unspecified atom stereocenters. The van der Waals surface area contributed by atoms with Crippen molar-refractivity contribution in [3.63, 3.8) is 0 Å². The minimum absolute atomic E-state index is 0.00151. The van der Waals surface area contributed by atoms with Crippen molar-refractivity contribution in [1.82, 2.24) is 5.43 Å². The quantitative estimate of drug-likeness (QED) is 0.428. The molecule has 0 aromatic heterocycles. The molecule has 1 amide bonds. The molecule has 1 aliphatic heterocycles. The summed E-state index contributed by atoms with van der Waals surface area (Å²) in [6.07, 6.45) is 0.0417. The van der Waals surface area contributed by atoms with Gasteiger partial charge in [0.1, 0.15) is 18.1 Å². The number of benzene rings is 2. The fourth-order valence-electron chi connectivity index (χ4n) is 2.38. The highest BCUT2D eigenvalue weighted by Crippen LogP contribution is 2.31. The largest absolute Gasteiger partial charge is 0.485 e. The number of hydrogen-bond acceptors (Lipinski definition) is 6. The first-order chi connectivity index (χ1) is 13.9. The summed E-state index contributed by atoms with van der Waals surface area (Å²) < 4.78 is 69.0. The van der Waals surface area contributed by atoms with Crippen molar-refractivity contribution in [2.24, 2.45) is 5.10 Å². The second-order valence-electron chi connectivity index (χ2n) is 5.56. The molecule has 0 saturated heterocycles. The van der Waals surface area contributed by atoms with E-state index in [4.69, 9.17) is 9.47 Å². The van der Waals surface area contributed by atoms with Crippen LogP contribution in [0.4, 0.5) is 17.6 Å². The molecule has 0 aliphatic carbocycles. The number of ether oxygens (including phenoxy) is 4. The van der Waals surface area contributed by atoms with Gasteiger partial charge in [-0.1, -0.05) is 12.1 Å². The molecule has 2 aromatic rings. The average molecular weight is 414 g/mol. The molecule has 29 heavy (non-hydrogen) atoms. The Balaban J connectivity index is 1.65. The van der Waals surface area contributed by atoms with E-state index in [1.54, 1.807) is 24.3 Å². The van der Waals surface area contributed by atoms with E-state index in [0.717, 1.165) is 18.3 Å². The first-order valence-electron chi connectivity index (χ1n) is 8.17. The number of carbonyl (C=O) groups is 1. The highest BCUT2D eigenvalue weighted by molar-refractivity contribution is 5.87. The van der Waals surface area contributed by atoms with Gasteiger partial charge in [0, 0.05) is 11.6 Å². The summed E-state index contributed by atoms with van der Waals surface area (Å²) >= 11 is 0. The van der Waals surface area contributed by atoms with E-state index in [1.165, 1.54) is 6.07 Å². The number of para-hydroxylation sites is 2. The Morgan fingerprint density at radius 1 is 1.10 bits per heavy atom. The van der Waals surface area contributed by atoms with E-state index >= 15 is 0 Å². The van der Waals surface area contributed by atoms with Crippen molar-refractivity contribution < 1.29 is 41.3 Å². The zero-order valence-electron chi connectivity index (χ0n) is 14.6. The summed E-state index contributed by atoms with van der Waals surface area (Å²) in [5.74, 6) is -0.569. The van der Waals surface area contributed by atoms with Crippen LogP contribution >= 0.6 is 0 Å². The number of nitrogens with zero attached hydrogens (tertiary/aromatic N) is 1. The highest BCUT2D eigenvalue weighted by atomic mass is 19.3. The Kier molecular flexibility index (Phi) is 6.37. The number of hydrogen-bond donors (Lipinski definition) is 1. The molecular formula is C18H14F4N2O5. The van der Waals surface area contributed by atoms with Crippen LogP contribution in [0.15, 0.2) is 47.6 Å². The van der Waals surface area contributed by atoms with Gasteiger partial charge in [-0.2, -0.15) is 22.7 Å². The molecule has 0 fully saturated rings. The van der Waals surface area contributed by atoms with Crippen LogP contribution in [0.3, 0.4) is 0 Å². The maximum absolute atomic E-state index is 12.6. The van der Waals surface area contributed by atoms with E-state index < -0.39 is 31.0 Å². The second-order valence-corrected chi connectivity index (χ2v) is 5.56.